The molecule has 0 heterocycles. The fourth-order valence-corrected chi connectivity index (χ4v) is 2.47. The standard InChI is InChI=1S/C16H22N2O3/c1-11(19)18-14-6-2-12(3-7-14)16(20)10-21-15-8-4-13(17)5-9-15/h2-3,6-7,13,15H,4-5,8-10,17H2,1H3,(H,18,19). The third-order valence-corrected chi connectivity index (χ3v) is 3.70. The maximum absolute atomic E-state index is 12.0. The van der Waals surface area contributed by atoms with E-state index < -0.39 is 0 Å². The van der Waals surface area contributed by atoms with Crippen LogP contribution in [0.5, 0.6) is 0 Å². The number of benzene rings is 1. The molecule has 1 aliphatic rings. The van der Waals surface area contributed by atoms with E-state index in [1.54, 1.807) is 24.3 Å². The van der Waals surface area contributed by atoms with Crippen LogP contribution in [0.15, 0.2) is 24.3 Å². The Morgan fingerprint density at radius 2 is 1.81 bits per heavy atom. The molecule has 0 unspecified atom stereocenters. The fourth-order valence-electron chi connectivity index (χ4n) is 2.47. The Morgan fingerprint density at radius 3 is 2.38 bits per heavy atom. The molecule has 5 heteroatoms. The molecule has 0 spiro atoms. The third-order valence-electron chi connectivity index (χ3n) is 3.70. The van der Waals surface area contributed by atoms with Crippen molar-refractivity contribution in [2.45, 2.75) is 44.8 Å². The molecule has 1 aliphatic carbocycles. The molecular formula is C16H22N2O3. The average molecular weight is 290 g/mol. The van der Waals surface area contributed by atoms with Crippen molar-refractivity contribution < 1.29 is 14.3 Å². The molecule has 1 fully saturated rings. The number of ketones is 1. The summed E-state index contributed by atoms with van der Waals surface area (Å²) in [5.74, 6) is -0.174. The van der Waals surface area contributed by atoms with Gasteiger partial charge in [0, 0.05) is 24.2 Å². The fraction of sp³-hybridized carbons (Fsp3) is 0.500. The summed E-state index contributed by atoms with van der Waals surface area (Å²) >= 11 is 0. The van der Waals surface area contributed by atoms with Crippen LogP contribution in [0.3, 0.4) is 0 Å². The van der Waals surface area contributed by atoms with Crippen LogP contribution in [0.25, 0.3) is 0 Å². The Morgan fingerprint density at radius 1 is 1.19 bits per heavy atom. The van der Waals surface area contributed by atoms with E-state index in [-0.39, 0.29) is 30.4 Å². The van der Waals surface area contributed by atoms with Gasteiger partial charge in [0.25, 0.3) is 0 Å². The summed E-state index contributed by atoms with van der Waals surface area (Å²) in [7, 11) is 0. The van der Waals surface area contributed by atoms with Crippen molar-refractivity contribution in [3.05, 3.63) is 29.8 Å². The molecule has 2 rings (SSSR count). The van der Waals surface area contributed by atoms with Gasteiger partial charge in [-0.15, -0.1) is 0 Å². The van der Waals surface area contributed by atoms with Gasteiger partial charge >= 0.3 is 0 Å². The van der Waals surface area contributed by atoms with E-state index in [4.69, 9.17) is 10.5 Å². The summed E-state index contributed by atoms with van der Waals surface area (Å²) < 4.78 is 5.67. The number of nitrogens with two attached hydrogens (primary N) is 1. The first-order valence-electron chi connectivity index (χ1n) is 7.32. The molecule has 0 atom stereocenters. The first-order valence-corrected chi connectivity index (χ1v) is 7.32. The van der Waals surface area contributed by atoms with Crippen molar-refractivity contribution in [1.29, 1.82) is 0 Å². The molecule has 21 heavy (non-hydrogen) atoms. The van der Waals surface area contributed by atoms with Gasteiger partial charge in [-0.25, -0.2) is 0 Å². The van der Waals surface area contributed by atoms with Crippen molar-refractivity contribution in [2.75, 3.05) is 11.9 Å². The average Bonchev–Trinajstić information content (AvgIpc) is 2.46. The van der Waals surface area contributed by atoms with E-state index in [2.05, 4.69) is 5.32 Å². The summed E-state index contributed by atoms with van der Waals surface area (Å²) in [4.78, 5) is 23.0. The van der Waals surface area contributed by atoms with E-state index in [0.717, 1.165) is 25.7 Å². The van der Waals surface area contributed by atoms with Crippen LogP contribution in [0, 0.1) is 0 Å². The molecule has 5 nitrogen and oxygen atoms in total. The lowest BCUT2D eigenvalue weighted by molar-refractivity contribution is -0.114. The maximum Gasteiger partial charge on any atom is 0.221 e. The summed E-state index contributed by atoms with van der Waals surface area (Å²) in [6, 6.07) is 7.12. The first kappa shape index (κ1) is 15.7. The Kier molecular flexibility index (Phi) is 5.47. The highest BCUT2D eigenvalue weighted by atomic mass is 16.5. The van der Waals surface area contributed by atoms with Gasteiger partial charge in [-0.05, 0) is 49.9 Å². The molecule has 0 bridgehead atoms. The first-order chi connectivity index (χ1) is 10.0. The predicted octanol–water partition coefficient (Wildman–Crippen LogP) is 2.11. The molecular weight excluding hydrogens is 268 g/mol. The lowest BCUT2D eigenvalue weighted by Gasteiger charge is -2.25. The van der Waals surface area contributed by atoms with Gasteiger partial charge in [0.05, 0.1) is 6.10 Å². The van der Waals surface area contributed by atoms with Gasteiger partial charge < -0.3 is 15.8 Å². The number of ether oxygens (including phenoxy) is 1. The van der Waals surface area contributed by atoms with E-state index in [1.807, 2.05) is 0 Å². The number of hydrogen-bond acceptors (Lipinski definition) is 4. The highest BCUT2D eigenvalue weighted by molar-refractivity contribution is 5.97. The van der Waals surface area contributed by atoms with Crippen molar-refractivity contribution >= 4 is 17.4 Å². The number of amides is 1. The number of anilines is 1. The zero-order valence-electron chi connectivity index (χ0n) is 12.3. The second-order valence-corrected chi connectivity index (χ2v) is 5.53. The van der Waals surface area contributed by atoms with Crippen LogP contribution in [-0.4, -0.2) is 30.4 Å². The third kappa shape index (κ3) is 4.95. The lowest BCUT2D eigenvalue weighted by atomic mass is 9.94. The van der Waals surface area contributed by atoms with Gasteiger partial charge in [0.15, 0.2) is 5.78 Å². The number of hydrogen-bond donors (Lipinski definition) is 2. The smallest absolute Gasteiger partial charge is 0.221 e. The molecule has 0 saturated heterocycles. The molecule has 1 aromatic carbocycles. The van der Waals surface area contributed by atoms with E-state index in [1.165, 1.54) is 6.92 Å². The summed E-state index contributed by atoms with van der Waals surface area (Å²) in [6.45, 7) is 1.54. The topological polar surface area (TPSA) is 81.4 Å². The SMILES string of the molecule is CC(=O)Nc1ccc(C(=O)COC2CCC(N)CC2)cc1. The zero-order chi connectivity index (χ0) is 15.2. The van der Waals surface area contributed by atoms with Crippen molar-refractivity contribution in [3.63, 3.8) is 0 Å². The Hall–Kier alpha value is -1.72. The number of Topliss-reactive ketones (excluding diaryl/α,β-unsaturated/α-hetero) is 1. The van der Waals surface area contributed by atoms with Crippen molar-refractivity contribution in [1.82, 2.24) is 0 Å². The lowest BCUT2D eigenvalue weighted by Crippen LogP contribution is -2.31. The molecule has 0 aliphatic heterocycles. The van der Waals surface area contributed by atoms with Gasteiger partial charge in [0.2, 0.25) is 5.91 Å². The minimum absolute atomic E-state index is 0.0424. The van der Waals surface area contributed by atoms with Gasteiger partial charge in [0.1, 0.15) is 6.61 Å². The minimum Gasteiger partial charge on any atom is -0.370 e. The van der Waals surface area contributed by atoms with Crippen LogP contribution in [0.2, 0.25) is 0 Å². The highest BCUT2D eigenvalue weighted by Crippen LogP contribution is 2.20. The number of carbonyl (C=O) groups excluding carboxylic acids is 2. The number of carbonyl (C=O) groups is 2. The highest BCUT2D eigenvalue weighted by Gasteiger charge is 2.20. The zero-order valence-corrected chi connectivity index (χ0v) is 12.3. The Labute approximate surface area is 124 Å². The van der Waals surface area contributed by atoms with Crippen molar-refractivity contribution in [2.24, 2.45) is 5.73 Å². The second kappa shape index (κ2) is 7.33. The molecule has 0 aromatic heterocycles. The predicted molar refractivity (Wildman–Crippen MR) is 81.3 cm³/mol. The van der Waals surface area contributed by atoms with Crippen LogP contribution >= 0.6 is 0 Å². The Balaban J connectivity index is 1.81. The number of rotatable bonds is 5. The monoisotopic (exact) mass is 290 g/mol. The van der Waals surface area contributed by atoms with E-state index >= 15 is 0 Å². The molecule has 1 amide bonds. The molecule has 114 valence electrons. The second-order valence-electron chi connectivity index (χ2n) is 5.53. The van der Waals surface area contributed by atoms with Crippen LogP contribution in [0.4, 0.5) is 5.69 Å². The van der Waals surface area contributed by atoms with Crippen LogP contribution in [0.1, 0.15) is 43.0 Å². The molecule has 3 N–H and O–H groups in total. The van der Waals surface area contributed by atoms with E-state index in [0.29, 0.717) is 11.3 Å². The largest absolute Gasteiger partial charge is 0.370 e. The Bertz CT molecular complexity index is 491. The normalized spacial score (nSPS) is 21.8. The maximum atomic E-state index is 12.0. The molecule has 1 saturated carbocycles. The van der Waals surface area contributed by atoms with Gasteiger partial charge in [-0.2, -0.15) is 0 Å². The quantitative estimate of drug-likeness (QED) is 0.814. The van der Waals surface area contributed by atoms with Crippen LogP contribution < -0.4 is 11.1 Å². The van der Waals surface area contributed by atoms with E-state index in [9.17, 15) is 9.59 Å². The summed E-state index contributed by atoms with van der Waals surface area (Å²) in [5, 5.41) is 2.67. The molecule has 1 aromatic rings. The summed E-state index contributed by atoms with van der Waals surface area (Å²) in [5.41, 5.74) is 7.12. The molecule has 0 radical (unpaired) electrons. The van der Waals surface area contributed by atoms with Crippen molar-refractivity contribution in [3.8, 4) is 0 Å². The van der Waals surface area contributed by atoms with Crippen LogP contribution in [-0.2, 0) is 9.53 Å². The number of nitrogens with one attached hydrogen (secondary N) is 1. The minimum atomic E-state index is -0.132. The summed E-state index contributed by atoms with van der Waals surface area (Å²) in [6.07, 6.45) is 3.92. The van der Waals surface area contributed by atoms with Gasteiger partial charge in [-0.3, -0.25) is 9.59 Å². The van der Waals surface area contributed by atoms with Gasteiger partial charge in [-0.1, -0.05) is 0 Å².